The van der Waals surface area contributed by atoms with Gasteiger partial charge in [-0.3, -0.25) is 4.79 Å². The molecule has 9 heteroatoms. The van der Waals surface area contributed by atoms with E-state index in [9.17, 15) is 13.2 Å². The largest absolute Gasteiger partial charge is 0.351 e. The Labute approximate surface area is 147 Å². The number of sulfone groups is 1. The zero-order valence-electron chi connectivity index (χ0n) is 14.2. The van der Waals surface area contributed by atoms with Gasteiger partial charge < -0.3 is 10.6 Å². The van der Waals surface area contributed by atoms with Crippen LogP contribution in [0.4, 0.5) is 5.95 Å². The van der Waals surface area contributed by atoms with Crippen LogP contribution in [0.2, 0.25) is 0 Å². The maximum absolute atomic E-state index is 12.6. The third-order valence-electron chi connectivity index (χ3n) is 3.79. The summed E-state index contributed by atoms with van der Waals surface area (Å²) in [6.45, 7) is 3.75. The van der Waals surface area contributed by atoms with Gasteiger partial charge in [-0.1, -0.05) is 0 Å². The summed E-state index contributed by atoms with van der Waals surface area (Å²) in [5.74, 6) is 1.19. The van der Waals surface area contributed by atoms with E-state index in [1.807, 2.05) is 26.2 Å². The summed E-state index contributed by atoms with van der Waals surface area (Å²) in [5.41, 5.74) is 1.66. The van der Waals surface area contributed by atoms with Gasteiger partial charge in [-0.15, -0.1) is 0 Å². The number of thioether (sulfide) groups is 1. The van der Waals surface area contributed by atoms with E-state index in [0.29, 0.717) is 18.8 Å². The van der Waals surface area contributed by atoms with Crippen LogP contribution in [-0.4, -0.2) is 59.9 Å². The van der Waals surface area contributed by atoms with Gasteiger partial charge >= 0.3 is 0 Å². The summed E-state index contributed by atoms with van der Waals surface area (Å²) in [6, 6.07) is 1.08. The summed E-state index contributed by atoms with van der Waals surface area (Å²) >= 11 is 1.65. The van der Waals surface area contributed by atoms with Crippen LogP contribution in [0.15, 0.2) is 6.07 Å². The maximum Gasteiger partial charge on any atom is 0.242 e. The fraction of sp³-hybridized carbons (Fsp3) is 0.667. The molecule has 1 aromatic rings. The molecule has 7 nitrogen and oxygen atoms in total. The number of carbonyl (C=O) groups is 1. The first kappa shape index (κ1) is 19.0. The van der Waals surface area contributed by atoms with E-state index in [1.165, 1.54) is 0 Å². The topological polar surface area (TPSA) is 101 Å². The van der Waals surface area contributed by atoms with Crippen LogP contribution in [0, 0.1) is 13.8 Å². The van der Waals surface area contributed by atoms with Crippen LogP contribution in [0.3, 0.4) is 0 Å². The molecule has 0 bridgehead atoms. The first-order chi connectivity index (χ1) is 11.3. The number of nitrogens with one attached hydrogen (secondary N) is 2. The van der Waals surface area contributed by atoms with E-state index in [2.05, 4.69) is 20.6 Å². The Kier molecular flexibility index (Phi) is 6.45. The Hall–Kier alpha value is -1.35. The van der Waals surface area contributed by atoms with Crippen LogP contribution in [-0.2, 0) is 14.6 Å². The van der Waals surface area contributed by atoms with Crippen molar-refractivity contribution < 1.29 is 13.2 Å². The van der Waals surface area contributed by atoms with Crippen molar-refractivity contribution >= 4 is 33.5 Å². The lowest BCUT2D eigenvalue weighted by Crippen LogP contribution is -2.45. The number of carbonyl (C=O) groups excluding carboxylic acids is 1. The number of hydrogen-bond donors (Lipinski definition) is 2. The zero-order chi connectivity index (χ0) is 17.7. The van der Waals surface area contributed by atoms with Crippen molar-refractivity contribution in [2.24, 2.45) is 0 Å². The predicted molar refractivity (Wildman–Crippen MR) is 97.1 cm³/mol. The van der Waals surface area contributed by atoms with Gasteiger partial charge in [0.2, 0.25) is 11.9 Å². The van der Waals surface area contributed by atoms with E-state index in [0.717, 1.165) is 17.1 Å². The van der Waals surface area contributed by atoms with Crippen LogP contribution < -0.4 is 10.6 Å². The quantitative estimate of drug-likeness (QED) is 0.734. The molecule has 2 heterocycles. The van der Waals surface area contributed by atoms with Gasteiger partial charge in [0, 0.05) is 17.4 Å². The van der Waals surface area contributed by atoms with Crippen molar-refractivity contribution in [1.29, 1.82) is 0 Å². The average Bonchev–Trinajstić information content (AvgIpc) is 2.81. The Morgan fingerprint density at radius 2 is 2.04 bits per heavy atom. The molecule has 1 saturated heterocycles. The Morgan fingerprint density at radius 3 is 2.58 bits per heavy atom. The highest BCUT2D eigenvalue weighted by molar-refractivity contribution is 7.98. The normalized spacial score (nSPS) is 20.5. The first-order valence-corrected chi connectivity index (χ1v) is 11.1. The van der Waals surface area contributed by atoms with Crippen molar-refractivity contribution in [3.05, 3.63) is 17.5 Å². The Bertz CT molecular complexity index is 674. The molecule has 0 spiro atoms. The minimum absolute atomic E-state index is 0.0219. The SMILES string of the molecule is CSCC[C@H](Nc1nc(C)cc(C)n1)C(=O)N[C@@H]1CCS(=O)(=O)C1. The highest BCUT2D eigenvalue weighted by Gasteiger charge is 2.31. The summed E-state index contributed by atoms with van der Waals surface area (Å²) < 4.78 is 23.1. The number of nitrogens with zero attached hydrogens (tertiary/aromatic N) is 2. The predicted octanol–water partition coefficient (Wildman–Crippen LogP) is 0.930. The van der Waals surface area contributed by atoms with Gasteiger partial charge in [-0.05, 0) is 44.8 Å². The molecule has 24 heavy (non-hydrogen) atoms. The molecule has 1 aliphatic heterocycles. The molecule has 1 amide bonds. The standard InChI is InChI=1S/C15H24N4O3S2/c1-10-8-11(2)17-15(16-10)19-13(4-6-23-3)14(20)18-12-5-7-24(21,22)9-12/h8,12-13H,4-7,9H2,1-3H3,(H,18,20)(H,16,17,19)/t12-,13+/m1/s1. The fourth-order valence-electron chi connectivity index (χ4n) is 2.66. The fourth-order valence-corrected chi connectivity index (χ4v) is 4.81. The lowest BCUT2D eigenvalue weighted by Gasteiger charge is -2.20. The van der Waals surface area contributed by atoms with E-state index in [-0.39, 0.29) is 23.5 Å². The number of hydrogen-bond acceptors (Lipinski definition) is 7. The van der Waals surface area contributed by atoms with Crippen molar-refractivity contribution in [2.75, 3.05) is 28.8 Å². The monoisotopic (exact) mass is 372 g/mol. The van der Waals surface area contributed by atoms with Gasteiger partial charge in [0.1, 0.15) is 6.04 Å². The maximum atomic E-state index is 12.6. The molecular formula is C15H24N4O3S2. The molecule has 0 saturated carbocycles. The summed E-state index contributed by atoms with van der Waals surface area (Å²) in [4.78, 5) is 21.2. The third kappa shape index (κ3) is 5.62. The van der Waals surface area contributed by atoms with Crippen molar-refractivity contribution in [2.45, 2.75) is 38.8 Å². The molecule has 0 radical (unpaired) electrons. The number of amides is 1. The summed E-state index contributed by atoms with van der Waals surface area (Å²) in [7, 11) is -3.02. The van der Waals surface area contributed by atoms with Crippen LogP contribution >= 0.6 is 11.8 Å². The molecule has 2 N–H and O–H groups in total. The van der Waals surface area contributed by atoms with Crippen molar-refractivity contribution in [3.8, 4) is 0 Å². The van der Waals surface area contributed by atoms with E-state index in [4.69, 9.17) is 0 Å². The van der Waals surface area contributed by atoms with Gasteiger partial charge in [0.05, 0.1) is 11.5 Å². The first-order valence-electron chi connectivity index (χ1n) is 7.87. The summed E-state index contributed by atoms with van der Waals surface area (Å²) in [6.07, 6.45) is 3.07. The van der Waals surface area contributed by atoms with Gasteiger partial charge in [0.25, 0.3) is 0 Å². The van der Waals surface area contributed by atoms with E-state index >= 15 is 0 Å². The molecular weight excluding hydrogens is 348 g/mol. The number of aromatic nitrogens is 2. The lowest BCUT2D eigenvalue weighted by atomic mass is 10.2. The average molecular weight is 373 g/mol. The molecule has 0 aromatic carbocycles. The van der Waals surface area contributed by atoms with Gasteiger partial charge in [-0.2, -0.15) is 11.8 Å². The second-order valence-corrected chi connectivity index (χ2v) is 9.28. The second-order valence-electron chi connectivity index (χ2n) is 6.06. The molecule has 1 fully saturated rings. The Balaban J connectivity index is 2.05. The highest BCUT2D eigenvalue weighted by atomic mass is 32.2. The van der Waals surface area contributed by atoms with E-state index < -0.39 is 15.9 Å². The van der Waals surface area contributed by atoms with Crippen LogP contribution in [0.1, 0.15) is 24.2 Å². The number of anilines is 1. The molecule has 0 unspecified atom stereocenters. The zero-order valence-corrected chi connectivity index (χ0v) is 15.8. The molecule has 0 aliphatic carbocycles. The molecule has 2 rings (SSSR count). The molecule has 1 aliphatic rings. The highest BCUT2D eigenvalue weighted by Crippen LogP contribution is 2.13. The lowest BCUT2D eigenvalue weighted by molar-refractivity contribution is -0.122. The van der Waals surface area contributed by atoms with Gasteiger partial charge in [-0.25, -0.2) is 18.4 Å². The van der Waals surface area contributed by atoms with Gasteiger partial charge in [0.15, 0.2) is 9.84 Å². The minimum Gasteiger partial charge on any atom is -0.351 e. The summed E-state index contributed by atoms with van der Waals surface area (Å²) in [5, 5.41) is 5.94. The van der Waals surface area contributed by atoms with Crippen molar-refractivity contribution in [3.63, 3.8) is 0 Å². The van der Waals surface area contributed by atoms with Crippen LogP contribution in [0.5, 0.6) is 0 Å². The van der Waals surface area contributed by atoms with Crippen molar-refractivity contribution in [1.82, 2.24) is 15.3 Å². The molecule has 2 atom stereocenters. The molecule has 134 valence electrons. The number of aryl methyl sites for hydroxylation is 2. The third-order valence-corrected chi connectivity index (χ3v) is 6.20. The number of rotatable bonds is 7. The second kappa shape index (κ2) is 8.15. The minimum atomic E-state index is -3.02. The van der Waals surface area contributed by atoms with Crippen LogP contribution in [0.25, 0.3) is 0 Å². The smallest absolute Gasteiger partial charge is 0.242 e. The van der Waals surface area contributed by atoms with E-state index in [1.54, 1.807) is 11.8 Å². The Morgan fingerprint density at radius 1 is 1.38 bits per heavy atom. The molecule has 1 aromatic heterocycles.